The van der Waals surface area contributed by atoms with Crippen LogP contribution in [0.5, 0.6) is 5.75 Å². The van der Waals surface area contributed by atoms with Gasteiger partial charge in [0, 0.05) is 5.69 Å². The predicted molar refractivity (Wildman–Crippen MR) is 49.4 cm³/mol. The van der Waals surface area contributed by atoms with Gasteiger partial charge >= 0.3 is 0 Å². The Morgan fingerprint density at radius 1 is 1.62 bits per heavy atom. The Morgan fingerprint density at radius 3 is 3.23 bits per heavy atom. The molecule has 1 aromatic rings. The summed E-state index contributed by atoms with van der Waals surface area (Å²) in [7, 11) is 0. The molecule has 70 valence electrons. The van der Waals surface area contributed by atoms with Gasteiger partial charge in [0.05, 0.1) is 12.6 Å². The van der Waals surface area contributed by atoms with Crippen molar-refractivity contribution in [1.82, 2.24) is 0 Å². The molecule has 0 fully saturated rings. The minimum atomic E-state index is 0.224. The van der Waals surface area contributed by atoms with E-state index in [0.717, 1.165) is 17.7 Å². The van der Waals surface area contributed by atoms with Crippen LogP contribution in [0.15, 0.2) is 18.2 Å². The summed E-state index contributed by atoms with van der Waals surface area (Å²) in [6.45, 7) is 0.482. The number of hydrogen-bond donors (Lipinski definition) is 3. The van der Waals surface area contributed by atoms with E-state index in [2.05, 4.69) is 10.2 Å². The zero-order valence-corrected chi connectivity index (χ0v) is 7.16. The third kappa shape index (κ3) is 1.59. The van der Waals surface area contributed by atoms with Crippen molar-refractivity contribution in [2.24, 2.45) is 5.90 Å². The van der Waals surface area contributed by atoms with Crippen LogP contribution in [0.25, 0.3) is 0 Å². The Labute approximate surface area is 76.3 Å². The third-order valence-electron chi connectivity index (χ3n) is 2.21. The number of nitrogens with one attached hydrogen (secondary N) is 1. The van der Waals surface area contributed by atoms with Gasteiger partial charge in [-0.25, -0.2) is 5.90 Å². The van der Waals surface area contributed by atoms with E-state index in [0.29, 0.717) is 12.4 Å². The molecule has 4 heteroatoms. The van der Waals surface area contributed by atoms with E-state index in [4.69, 9.17) is 5.90 Å². The summed E-state index contributed by atoms with van der Waals surface area (Å²) < 4.78 is 0. The number of aromatic hydroxyl groups is 1. The lowest BCUT2D eigenvalue weighted by molar-refractivity contribution is 0.129. The van der Waals surface area contributed by atoms with Crippen LogP contribution < -0.4 is 11.2 Å². The number of nitrogens with two attached hydrogens (primary N) is 1. The fourth-order valence-corrected chi connectivity index (χ4v) is 1.64. The maximum atomic E-state index is 9.23. The smallest absolute Gasteiger partial charge is 0.116 e. The first kappa shape index (κ1) is 8.34. The monoisotopic (exact) mass is 180 g/mol. The molecule has 1 aliphatic rings. The van der Waals surface area contributed by atoms with Crippen LogP contribution in [0.2, 0.25) is 0 Å². The van der Waals surface area contributed by atoms with Gasteiger partial charge in [-0.15, -0.1) is 0 Å². The van der Waals surface area contributed by atoms with Crippen molar-refractivity contribution in [3.05, 3.63) is 23.8 Å². The first-order valence-corrected chi connectivity index (χ1v) is 4.19. The van der Waals surface area contributed by atoms with E-state index in [1.165, 1.54) is 0 Å². The van der Waals surface area contributed by atoms with Crippen molar-refractivity contribution in [2.45, 2.75) is 12.5 Å². The summed E-state index contributed by atoms with van der Waals surface area (Å²) in [6.07, 6.45) is 0.848. The topological polar surface area (TPSA) is 67.5 Å². The van der Waals surface area contributed by atoms with E-state index in [9.17, 15) is 5.11 Å². The van der Waals surface area contributed by atoms with Crippen molar-refractivity contribution < 1.29 is 9.94 Å². The number of hydrogen-bond acceptors (Lipinski definition) is 4. The van der Waals surface area contributed by atoms with Gasteiger partial charge in [0.1, 0.15) is 5.75 Å². The average Bonchev–Trinajstić information content (AvgIpc) is 2.46. The highest BCUT2D eigenvalue weighted by atomic mass is 16.6. The summed E-state index contributed by atoms with van der Waals surface area (Å²) in [5.74, 6) is 5.28. The molecule has 13 heavy (non-hydrogen) atoms. The van der Waals surface area contributed by atoms with Crippen molar-refractivity contribution in [3.8, 4) is 5.75 Å². The summed E-state index contributed by atoms with van der Waals surface area (Å²) in [5.41, 5.74) is 2.17. The number of phenolic OH excluding ortho intramolecular Hbond substituents is 1. The number of fused-ring (bicyclic) bond motifs is 1. The highest BCUT2D eigenvalue weighted by Crippen LogP contribution is 2.28. The molecule has 0 aliphatic carbocycles. The third-order valence-corrected chi connectivity index (χ3v) is 2.21. The summed E-state index contributed by atoms with van der Waals surface area (Å²) in [6, 6.07) is 5.51. The van der Waals surface area contributed by atoms with Gasteiger partial charge in [-0.05, 0) is 30.2 Å². The molecule has 1 aliphatic heterocycles. The quantitative estimate of drug-likeness (QED) is 0.461. The largest absolute Gasteiger partial charge is 0.508 e. The Balaban J connectivity index is 2.16. The molecule has 0 spiro atoms. The maximum absolute atomic E-state index is 9.23. The molecule has 4 nitrogen and oxygen atoms in total. The molecule has 0 amide bonds. The predicted octanol–water partition coefficient (Wildman–Crippen LogP) is 0.619. The first-order chi connectivity index (χ1) is 6.29. The van der Waals surface area contributed by atoms with Crippen LogP contribution in [0.4, 0.5) is 5.69 Å². The van der Waals surface area contributed by atoms with Gasteiger partial charge in [-0.1, -0.05) is 0 Å². The Kier molecular flexibility index (Phi) is 2.08. The summed E-state index contributed by atoms with van der Waals surface area (Å²) in [4.78, 5) is 4.56. The number of benzene rings is 1. The average molecular weight is 180 g/mol. The van der Waals surface area contributed by atoms with Crippen molar-refractivity contribution in [1.29, 1.82) is 0 Å². The molecule has 1 atom stereocenters. The molecule has 1 aromatic carbocycles. The van der Waals surface area contributed by atoms with E-state index >= 15 is 0 Å². The Bertz CT molecular complexity index is 314. The second-order valence-electron chi connectivity index (χ2n) is 3.22. The second kappa shape index (κ2) is 3.24. The number of anilines is 1. The van der Waals surface area contributed by atoms with E-state index in [1.807, 2.05) is 6.07 Å². The van der Waals surface area contributed by atoms with Crippen LogP contribution in [-0.2, 0) is 11.3 Å². The van der Waals surface area contributed by atoms with E-state index in [1.54, 1.807) is 12.1 Å². The second-order valence-corrected chi connectivity index (χ2v) is 3.22. The lowest BCUT2D eigenvalue weighted by Gasteiger charge is -2.07. The van der Waals surface area contributed by atoms with Gasteiger partial charge < -0.3 is 15.3 Å². The standard InChI is InChI=1S/C9H12N2O2/c10-13-5-7-3-6-4-8(12)1-2-9(6)11-7/h1-2,4,7,11-12H,3,5,10H2. The van der Waals surface area contributed by atoms with Crippen molar-refractivity contribution in [3.63, 3.8) is 0 Å². The lowest BCUT2D eigenvalue weighted by Crippen LogP contribution is -2.24. The molecule has 1 heterocycles. The van der Waals surface area contributed by atoms with Gasteiger partial charge in [0.15, 0.2) is 0 Å². The Morgan fingerprint density at radius 2 is 2.46 bits per heavy atom. The minimum absolute atomic E-state index is 0.224. The molecule has 0 saturated heterocycles. The van der Waals surface area contributed by atoms with E-state index < -0.39 is 0 Å². The zero-order valence-electron chi connectivity index (χ0n) is 7.16. The van der Waals surface area contributed by atoms with Crippen LogP contribution in [0, 0.1) is 0 Å². The Hall–Kier alpha value is -1.26. The summed E-state index contributed by atoms with van der Waals surface area (Å²) >= 11 is 0. The minimum Gasteiger partial charge on any atom is -0.508 e. The van der Waals surface area contributed by atoms with Crippen LogP contribution in [0.3, 0.4) is 0 Å². The fourth-order valence-electron chi connectivity index (χ4n) is 1.64. The normalized spacial score (nSPS) is 19.6. The SMILES string of the molecule is NOCC1Cc2cc(O)ccc2N1. The molecular weight excluding hydrogens is 168 g/mol. The zero-order chi connectivity index (χ0) is 9.26. The first-order valence-electron chi connectivity index (χ1n) is 4.19. The molecule has 0 aromatic heterocycles. The van der Waals surface area contributed by atoms with Gasteiger partial charge in [-0.2, -0.15) is 0 Å². The van der Waals surface area contributed by atoms with Crippen molar-refractivity contribution in [2.75, 3.05) is 11.9 Å². The molecule has 2 rings (SSSR count). The highest BCUT2D eigenvalue weighted by Gasteiger charge is 2.20. The summed E-state index contributed by atoms with van der Waals surface area (Å²) in [5, 5.41) is 12.5. The number of phenols is 1. The number of rotatable bonds is 2. The fraction of sp³-hybridized carbons (Fsp3) is 0.333. The van der Waals surface area contributed by atoms with Crippen LogP contribution >= 0.6 is 0 Å². The molecule has 4 N–H and O–H groups in total. The van der Waals surface area contributed by atoms with Gasteiger partial charge in [0.25, 0.3) is 0 Å². The highest BCUT2D eigenvalue weighted by molar-refractivity contribution is 5.58. The molecule has 1 unspecified atom stereocenters. The van der Waals surface area contributed by atoms with Gasteiger partial charge in [0.2, 0.25) is 0 Å². The van der Waals surface area contributed by atoms with Gasteiger partial charge in [-0.3, -0.25) is 0 Å². The molecular formula is C9H12N2O2. The van der Waals surface area contributed by atoms with E-state index in [-0.39, 0.29) is 6.04 Å². The van der Waals surface area contributed by atoms with Crippen molar-refractivity contribution >= 4 is 5.69 Å². The van der Waals surface area contributed by atoms with Crippen LogP contribution in [0.1, 0.15) is 5.56 Å². The molecule has 0 radical (unpaired) electrons. The van der Waals surface area contributed by atoms with Crippen LogP contribution in [-0.4, -0.2) is 17.8 Å². The lowest BCUT2D eigenvalue weighted by atomic mass is 10.1. The molecule has 0 saturated carbocycles. The molecule has 0 bridgehead atoms. The maximum Gasteiger partial charge on any atom is 0.116 e.